The molecule has 0 fully saturated rings. The summed E-state index contributed by atoms with van der Waals surface area (Å²) in [6.07, 6.45) is 3.02. The van der Waals surface area contributed by atoms with Crippen molar-refractivity contribution in [1.29, 1.82) is 0 Å². The molecule has 4 nitrogen and oxygen atoms in total. The molecule has 3 aromatic rings. The fourth-order valence-corrected chi connectivity index (χ4v) is 3.96. The molecule has 24 heavy (non-hydrogen) atoms. The van der Waals surface area contributed by atoms with Crippen LogP contribution in [0.1, 0.15) is 31.0 Å². The third-order valence-electron chi connectivity index (χ3n) is 3.68. The number of rotatable bonds is 5. The molecule has 0 atom stereocenters. The number of carbonyl (C=O) groups is 1. The summed E-state index contributed by atoms with van der Waals surface area (Å²) in [5.74, 6) is 0.0611. The Kier molecular flexibility index (Phi) is 5.11. The zero-order valence-electron chi connectivity index (χ0n) is 13.6. The Bertz CT molecular complexity index is 863. The molecule has 2 heterocycles. The first-order valence-corrected chi connectivity index (χ1v) is 9.05. The fraction of sp³-hybridized carbons (Fsp3) is 0.278. The molecule has 6 heteroatoms. The summed E-state index contributed by atoms with van der Waals surface area (Å²) >= 11 is 7.63. The predicted octanol–water partition coefficient (Wildman–Crippen LogP) is 4.99. The minimum absolute atomic E-state index is 0.0611. The molecule has 0 spiro atoms. The highest BCUT2D eigenvalue weighted by Gasteiger charge is 2.20. The second-order valence-electron chi connectivity index (χ2n) is 5.62. The van der Waals surface area contributed by atoms with E-state index in [1.807, 2.05) is 44.2 Å². The summed E-state index contributed by atoms with van der Waals surface area (Å²) in [5, 5.41) is 1.38. The van der Waals surface area contributed by atoms with E-state index in [4.69, 9.17) is 16.6 Å². The predicted molar refractivity (Wildman–Crippen MR) is 99.7 cm³/mol. The number of thiazole rings is 1. The molecule has 1 aromatic carbocycles. The molecule has 3 rings (SSSR count). The van der Waals surface area contributed by atoms with Crippen LogP contribution in [-0.2, 0) is 11.3 Å². The van der Waals surface area contributed by atoms with E-state index in [1.165, 1.54) is 11.3 Å². The number of amides is 1. The van der Waals surface area contributed by atoms with Gasteiger partial charge in [0.25, 0.3) is 0 Å². The first-order chi connectivity index (χ1) is 11.6. The normalized spacial score (nSPS) is 11.0. The Hall–Kier alpha value is -1.98. The topological polar surface area (TPSA) is 46.1 Å². The first kappa shape index (κ1) is 16.9. The number of hydrogen-bond donors (Lipinski definition) is 0. The van der Waals surface area contributed by atoms with Gasteiger partial charge < -0.3 is 0 Å². The first-order valence-electron chi connectivity index (χ1n) is 7.85. The van der Waals surface area contributed by atoms with Crippen LogP contribution in [0.3, 0.4) is 0 Å². The van der Waals surface area contributed by atoms with Crippen LogP contribution in [0.4, 0.5) is 5.13 Å². The second-order valence-corrected chi connectivity index (χ2v) is 7.06. The highest BCUT2D eigenvalue weighted by Crippen LogP contribution is 2.33. The van der Waals surface area contributed by atoms with Gasteiger partial charge in [-0.1, -0.05) is 35.9 Å². The molecule has 0 unspecified atom stereocenters. The summed E-state index contributed by atoms with van der Waals surface area (Å²) in [6.45, 7) is 4.40. The van der Waals surface area contributed by atoms with Crippen molar-refractivity contribution in [2.75, 3.05) is 4.90 Å². The van der Waals surface area contributed by atoms with Crippen LogP contribution in [0.5, 0.6) is 0 Å². The Morgan fingerprint density at radius 2 is 2.17 bits per heavy atom. The van der Waals surface area contributed by atoms with Gasteiger partial charge in [-0.3, -0.25) is 14.7 Å². The van der Waals surface area contributed by atoms with Gasteiger partial charge in [0, 0.05) is 17.6 Å². The number of benzene rings is 1. The molecule has 1 amide bonds. The van der Waals surface area contributed by atoms with Gasteiger partial charge in [-0.15, -0.1) is 0 Å². The van der Waals surface area contributed by atoms with E-state index in [0.29, 0.717) is 23.1 Å². The van der Waals surface area contributed by atoms with Gasteiger partial charge in [0.05, 0.1) is 22.5 Å². The molecular weight excluding hydrogens is 342 g/mol. The average Bonchev–Trinajstić information content (AvgIpc) is 2.97. The van der Waals surface area contributed by atoms with E-state index >= 15 is 0 Å². The summed E-state index contributed by atoms with van der Waals surface area (Å²) in [4.78, 5) is 23.4. The molecule has 0 aliphatic rings. The molecule has 0 aliphatic carbocycles. The number of carbonyl (C=O) groups excluding carboxylic acids is 1. The molecule has 0 radical (unpaired) electrons. The zero-order valence-corrected chi connectivity index (χ0v) is 15.2. The van der Waals surface area contributed by atoms with Gasteiger partial charge in [-0.25, -0.2) is 4.98 Å². The van der Waals surface area contributed by atoms with E-state index in [0.717, 1.165) is 27.9 Å². The smallest absolute Gasteiger partial charge is 0.229 e. The number of pyridine rings is 1. The molecule has 0 aliphatic heterocycles. The lowest BCUT2D eigenvalue weighted by Crippen LogP contribution is -2.30. The molecule has 0 saturated heterocycles. The van der Waals surface area contributed by atoms with Gasteiger partial charge in [0.2, 0.25) is 5.91 Å². The third kappa shape index (κ3) is 3.57. The van der Waals surface area contributed by atoms with Crippen LogP contribution in [-0.4, -0.2) is 15.9 Å². The van der Waals surface area contributed by atoms with Crippen LogP contribution in [0.25, 0.3) is 10.2 Å². The Morgan fingerprint density at radius 1 is 1.33 bits per heavy atom. The lowest BCUT2D eigenvalue weighted by Gasteiger charge is -2.19. The molecule has 2 aromatic heterocycles. The maximum atomic E-state index is 12.6. The van der Waals surface area contributed by atoms with Crippen molar-refractivity contribution in [2.24, 2.45) is 0 Å². The maximum Gasteiger partial charge on any atom is 0.229 e. The minimum Gasteiger partial charge on any atom is -0.282 e. The Morgan fingerprint density at radius 3 is 2.88 bits per heavy atom. The van der Waals surface area contributed by atoms with E-state index in [1.54, 1.807) is 11.1 Å². The number of aryl methyl sites for hydroxylation is 1. The monoisotopic (exact) mass is 359 g/mol. The molecule has 0 N–H and O–H groups in total. The van der Waals surface area contributed by atoms with Gasteiger partial charge in [0.15, 0.2) is 5.13 Å². The van der Waals surface area contributed by atoms with Crippen molar-refractivity contribution in [3.05, 3.63) is 52.8 Å². The van der Waals surface area contributed by atoms with E-state index in [9.17, 15) is 4.79 Å². The van der Waals surface area contributed by atoms with Crippen molar-refractivity contribution >= 4 is 44.2 Å². The van der Waals surface area contributed by atoms with E-state index in [-0.39, 0.29) is 5.91 Å². The fourth-order valence-electron chi connectivity index (χ4n) is 2.52. The highest BCUT2D eigenvalue weighted by molar-refractivity contribution is 7.22. The molecular formula is C18H18ClN3OS. The summed E-state index contributed by atoms with van der Waals surface area (Å²) < 4.78 is 0.991. The van der Waals surface area contributed by atoms with Crippen LogP contribution in [0, 0.1) is 6.92 Å². The number of halogens is 1. The van der Waals surface area contributed by atoms with Gasteiger partial charge in [-0.05, 0) is 43.2 Å². The largest absolute Gasteiger partial charge is 0.282 e. The van der Waals surface area contributed by atoms with Gasteiger partial charge >= 0.3 is 0 Å². The minimum atomic E-state index is 0.0611. The lowest BCUT2D eigenvalue weighted by atomic mass is 10.2. The van der Waals surface area contributed by atoms with Crippen LogP contribution < -0.4 is 4.90 Å². The molecule has 124 valence electrons. The molecule has 0 bridgehead atoms. The van der Waals surface area contributed by atoms with Crippen molar-refractivity contribution < 1.29 is 4.79 Å². The van der Waals surface area contributed by atoms with E-state index in [2.05, 4.69) is 4.98 Å². The SMILES string of the molecule is CCCC(=O)N(Cc1ccccn1)c1nc2c(C)cc(Cl)cc2s1. The number of nitrogens with zero attached hydrogens (tertiary/aromatic N) is 3. The summed E-state index contributed by atoms with van der Waals surface area (Å²) in [5.41, 5.74) is 2.76. The second kappa shape index (κ2) is 7.28. The quantitative estimate of drug-likeness (QED) is 0.645. The maximum absolute atomic E-state index is 12.6. The van der Waals surface area contributed by atoms with Crippen molar-refractivity contribution in [2.45, 2.75) is 33.2 Å². The number of aromatic nitrogens is 2. The number of anilines is 1. The lowest BCUT2D eigenvalue weighted by molar-refractivity contribution is -0.118. The van der Waals surface area contributed by atoms with Gasteiger partial charge in [0.1, 0.15) is 0 Å². The van der Waals surface area contributed by atoms with E-state index < -0.39 is 0 Å². The van der Waals surface area contributed by atoms with Crippen molar-refractivity contribution in [1.82, 2.24) is 9.97 Å². The molecule has 0 saturated carbocycles. The Balaban J connectivity index is 2.01. The van der Waals surface area contributed by atoms with Crippen LogP contribution in [0.2, 0.25) is 5.02 Å². The van der Waals surface area contributed by atoms with Crippen molar-refractivity contribution in [3.63, 3.8) is 0 Å². The number of fused-ring (bicyclic) bond motifs is 1. The highest BCUT2D eigenvalue weighted by atomic mass is 35.5. The average molecular weight is 360 g/mol. The van der Waals surface area contributed by atoms with Crippen molar-refractivity contribution in [3.8, 4) is 0 Å². The van der Waals surface area contributed by atoms with Crippen LogP contribution in [0.15, 0.2) is 36.5 Å². The third-order valence-corrected chi connectivity index (χ3v) is 4.92. The van der Waals surface area contributed by atoms with Gasteiger partial charge in [-0.2, -0.15) is 0 Å². The Labute approximate surface area is 150 Å². The zero-order chi connectivity index (χ0) is 17.1. The summed E-state index contributed by atoms with van der Waals surface area (Å²) in [6, 6.07) is 9.50. The standard InChI is InChI=1S/C18H18ClN3OS/c1-3-6-16(23)22(11-14-7-4-5-8-20-14)18-21-17-12(2)9-13(19)10-15(17)24-18/h4-5,7-10H,3,6,11H2,1-2H3. The van der Waals surface area contributed by atoms with Crippen LogP contribution >= 0.6 is 22.9 Å². The summed E-state index contributed by atoms with van der Waals surface area (Å²) in [7, 11) is 0. The number of hydrogen-bond acceptors (Lipinski definition) is 4.